The average molecular weight is 353 g/mol. The van der Waals surface area contributed by atoms with Gasteiger partial charge in [0.1, 0.15) is 0 Å². The summed E-state index contributed by atoms with van der Waals surface area (Å²) >= 11 is 0. The van der Waals surface area contributed by atoms with Crippen LogP contribution in [-0.2, 0) is 11.2 Å². The number of amides is 1. The first-order valence-corrected chi connectivity index (χ1v) is 8.85. The van der Waals surface area contributed by atoms with Gasteiger partial charge < -0.3 is 10.0 Å². The zero-order valence-corrected chi connectivity index (χ0v) is 14.3. The van der Waals surface area contributed by atoms with Crippen molar-refractivity contribution in [1.82, 2.24) is 14.8 Å². The number of aliphatic hydroxyl groups is 1. The Morgan fingerprint density at radius 3 is 2.68 bits per heavy atom. The maximum Gasteiger partial charge on any atom is 0.250 e. The van der Waals surface area contributed by atoms with Crippen LogP contribution in [-0.4, -0.2) is 70.0 Å². The molecule has 0 aliphatic carbocycles. The second-order valence-corrected chi connectivity index (χ2v) is 7.28. The van der Waals surface area contributed by atoms with Crippen LogP contribution in [0.1, 0.15) is 31.2 Å². The van der Waals surface area contributed by atoms with Crippen molar-refractivity contribution in [1.29, 1.82) is 0 Å². The number of carbonyl (C=O) groups excluding carboxylic acids is 1. The molecule has 0 unspecified atom stereocenters. The lowest BCUT2D eigenvalue weighted by Crippen LogP contribution is -2.49. The molecule has 1 atom stereocenters. The Balaban J connectivity index is 1.46. The van der Waals surface area contributed by atoms with Gasteiger partial charge in [-0.2, -0.15) is 0 Å². The van der Waals surface area contributed by atoms with Crippen molar-refractivity contribution in [3.05, 3.63) is 30.1 Å². The fourth-order valence-corrected chi connectivity index (χ4v) is 3.61. The summed E-state index contributed by atoms with van der Waals surface area (Å²) < 4.78 is 26.5. The molecule has 0 bridgehead atoms. The largest absolute Gasteiger partial charge is 0.387 e. The van der Waals surface area contributed by atoms with E-state index in [9.17, 15) is 18.7 Å². The predicted molar refractivity (Wildman–Crippen MR) is 89.3 cm³/mol. The number of hydrogen-bond acceptors (Lipinski definition) is 4. The van der Waals surface area contributed by atoms with E-state index in [1.807, 2.05) is 17.0 Å². The summed E-state index contributed by atoms with van der Waals surface area (Å²) in [6, 6.07) is 3.78. The number of alkyl halides is 2. The molecule has 5 nitrogen and oxygen atoms in total. The van der Waals surface area contributed by atoms with Crippen LogP contribution < -0.4 is 0 Å². The summed E-state index contributed by atoms with van der Waals surface area (Å²) in [5, 5.41) is 10.7. The van der Waals surface area contributed by atoms with Crippen molar-refractivity contribution in [2.75, 3.05) is 32.7 Å². The second kappa shape index (κ2) is 7.33. The molecule has 3 heterocycles. The topological polar surface area (TPSA) is 56.7 Å². The number of aryl methyl sites for hydroxylation is 1. The second-order valence-electron chi connectivity index (χ2n) is 7.28. The maximum absolute atomic E-state index is 13.2. The molecule has 1 aromatic rings. The lowest BCUT2D eigenvalue weighted by molar-refractivity contribution is -0.131. The molecule has 3 rings (SSSR count). The minimum absolute atomic E-state index is 0.0185. The van der Waals surface area contributed by atoms with Crippen molar-refractivity contribution in [3.8, 4) is 0 Å². The normalized spacial score (nSPS) is 26.8. The van der Waals surface area contributed by atoms with Crippen molar-refractivity contribution in [2.45, 2.75) is 43.6 Å². The molecule has 25 heavy (non-hydrogen) atoms. The molecule has 2 fully saturated rings. The van der Waals surface area contributed by atoms with Crippen LogP contribution >= 0.6 is 0 Å². The summed E-state index contributed by atoms with van der Waals surface area (Å²) in [6.45, 7) is 1.75. The van der Waals surface area contributed by atoms with Crippen LogP contribution in [0.15, 0.2) is 24.5 Å². The van der Waals surface area contributed by atoms with Gasteiger partial charge in [-0.3, -0.25) is 14.7 Å². The highest BCUT2D eigenvalue weighted by atomic mass is 19.3. The van der Waals surface area contributed by atoms with Gasteiger partial charge in [0, 0.05) is 57.8 Å². The third kappa shape index (κ3) is 4.95. The highest BCUT2D eigenvalue weighted by molar-refractivity contribution is 5.76. The van der Waals surface area contributed by atoms with Crippen LogP contribution in [0.4, 0.5) is 8.78 Å². The van der Waals surface area contributed by atoms with E-state index in [1.54, 1.807) is 17.3 Å². The first-order chi connectivity index (χ1) is 11.9. The molecule has 1 amide bonds. The zero-order valence-electron chi connectivity index (χ0n) is 14.3. The first-order valence-electron chi connectivity index (χ1n) is 8.85. The van der Waals surface area contributed by atoms with Crippen LogP contribution in [0.25, 0.3) is 0 Å². The summed E-state index contributed by atoms with van der Waals surface area (Å²) in [5.74, 6) is -2.56. The monoisotopic (exact) mass is 353 g/mol. The van der Waals surface area contributed by atoms with Gasteiger partial charge in [0.15, 0.2) is 0 Å². The Morgan fingerprint density at radius 1 is 1.24 bits per heavy atom. The zero-order chi connectivity index (χ0) is 17.9. The molecule has 2 aliphatic heterocycles. The smallest absolute Gasteiger partial charge is 0.250 e. The highest BCUT2D eigenvalue weighted by Gasteiger charge is 2.41. The van der Waals surface area contributed by atoms with Crippen molar-refractivity contribution < 1.29 is 18.7 Å². The van der Waals surface area contributed by atoms with Gasteiger partial charge in [0.2, 0.25) is 5.91 Å². The average Bonchev–Trinajstić information content (AvgIpc) is 2.98. The Bertz CT molecular complexity index is 589. The molecule has 7 heteroatoms. The van der Waals surface area contributed by atoms with E-state index in [-0.39, 0.29) is 25.3 Å². The molecule has 2 saturated heterocycles. The molecule has 2 aliphatic rings. The summed E-state index contributed by atoms with van der Waals surface area (Å²) in [6.07, 6.45) is 4.65. The minimum Gasteiger partial charge on any atom is -0.387 e. The lowest BCUT2D eigenvalue weighted by Gasteiger charge is -2.36. The number of piperidine rings is 1. The van der Waals surface area contributed by atoms with Crippen LogP contribution in [0, 0.1) is 0 Å². The number of aromatic nitrogens is 1. The van der Waals surface area contributed by atoms with E-state index in [0.717, 1.165) is 5.56 Å². The summed E-state index contributed by atoms with van der Waals surface area (Å²) in [4.78, 5) is 20.0. The number of pyridine rings is 1. The molecule has 0 spiro atoms. The standard InChI is InChI=1S/C18H25F2N3O2/c19-18(20)6-9-22(10-7-18)13-17(25)5-11-23(14-17)16(24)4-3-15-2-1-8-21-12-15/h1-2,8,12,25H,3-7,9-11,13-14H2/t17-/m1/s1. The lowest BCUT2D eigenvalue weighted by atomic mass is 10.00. The van der Waals surface area contributed by atoms with Crippen molar-refractivity contribution in [3.63, 3.8) is 0 Å². The third-order valence-corrected chi connectivity index (χ3v) is 5.14. The number of rotatable bonds is 5. The Labute approximate surface area is 146 Å². The molecular formula is C18H25F2N3O2. The quantitative estimate of drug-likeness (QED) is 0.876. The third-order valence-electron chi connectivity index (χ3n) is 5.14. The van der Waals surface area contributed by atoms with E-state index in [1.165, 1.54) is 0 Å². The number of β-amino-alcohol motifs (C(OH)–C–C–N with tert-alkyl or cyclic N) is 1. The SMILES string of the molecule is O=C(CCc1cccnc1)N1CC[C@@](O)(CN2CCC(F)(F)CC2)C1. The van der Waals surface area contributed by atoms with E-state index in [0.29, 0.717) is 45.4 Å². The number of halogens is 2. The number of nitrogens with zero attached hydrogens (tertiary/aromatic N) is 3. The highest BCUT2D eigenvalue weighted by Crippen LogP contribution is 2.30. The Morgan fingerprint density at radius 2 is 2.00 bits per heavy atom. The van der Waals surface area contributed by atoms with E-state index < -0.39 is 11.5 Å². The minimum atomic E-state index is -2.58. The predicted octanol–water partition coefficient (Wildman–Crippen LogP) is 1.71. The molecule has 138 valence electrons. The van der Waals surface area contributed by atoms with E-state index in [2.05, 4.69) is 4.98 Å². The van der Waals surface area contributed by atoms with Gasteiger partial charge in [-0.15, -0.1) is 0 Å². The van der Waals surface area contributed by atoms with E-state index in [4.69, 9.17) is 0 Å². The van der Waals surface area contributed by atoms with Gasteiger partial charge in [0.05, 0.1) is 12.1 Å². The van der Waals surface area contributed by atoms with Crippen molar-refractivity contribution in [2.24, 2.45) is 0 Å². The van der Waals surface area contributed by atoms with E-state index >= 15 is 0 Å². The molecule has 0 radical (unpaired) electrons. The van der Waals surface area contributed by atoms with Gasteiger partial charge >= 0.3 is 0 Å². The molecule has 1 N–H and O–H groups in total. The van der Waals surface area contributed by atoms with Crippen LogP contribution in [0.2, 0.25) is 0 Å². The molecule has 0 saturated carbocycles. The van der Waals surface area contributed by atoms with Crippen molar-refractivity contribution >= 4 is 5.91 Å². The first kappa shape index (κ1) is 18.2. The fourth-order valence-electron chi connectivity index (χ4n) is 3.61. The number of hydrogen-bond donors (Lipinski definition) is 1. The van der Waals surface area contributed by atoms with Gasteiger partial charge in [0.25, 0.3) is 5.92 Å². The van der Waals surface area contributed by atoms with Gasteiger partial charge in [-0.05, 0) is 24.5 Å². The molecular weight excluding hydrogens is 328 g/mol. The Hall–Kier alpha value is -1.60. The van der Waals surface area contributed by atoms with Gasteiger partial charge in [-0.1, -0.05) is 6.07 Å². The molecule has 0 aromatic carbocycles. The summed E-state index contributed by atoms with van der Waals surface area (Å²) in [5.41, 5.74) is 0.0240. The van der Waals surface area contributed by atoms with Crippen LogP contribution in [0.5, 0.6) is 0 Å². The van der Waals surface area contributed by atoms with Gasteiger partial charge in [-0.25, -0.2) is 8.78 Å². The van der Waals surface area contributed by atoms with Crippen LogP contribution in [0.3, 0.4) is 0 Å². The summed E-state index contributed by atoms with van der Waals surface area (Å²) in [7, 11) is 0. The Kier molecular flexibility index (Phi) is 5.34. The maximum atomic E-state index is 13.2. The number of carbonyl (C=O) groups is 1. The molecule has 1 aromatic heterocycles. The number of likely N-dealkylation sites (tertiary alicyclic amines) is 2. The fraction of sp³-hybridized carbons (Fsp3) is 0.667.